The highest BCUT2D eigenvalue weighted by Crippen LogP contribution is 2.33. The molecule has 9 heteroatoms. The second-order valence-electron chi connectivity index (χ2n) is 7.74. The summed E-state index contributed by atoms with van der Waals surface area (Å²) in [6.45, 7) is 2.11. The monoisotopic (exact) mass is 401 g/mol. The number of carbonyl (C=O) groups excluding carboxylic acids is 1. The lowest BCUT2D eigenvalue weighted by molar-refractivity contribution is 0.0824. The van der Waals surface area contributed by atoms with Gasteiger partial charge in [-0.1, -0.05) is 19.4 Å². The number of phenolic OH excluding ortho intramolecular Hbond substituents is 1. The number of aromatic amines is 1. The zero-order valence-corrected chi connectivity index (χ0v) is 17.1. The number of benzene rings is 1. The lowest BCUT2D eigenvalue weighted by Crippen LogP contribution is -2.35. The van der Waals surface area contributed by atoms with E-state index < -0.39 is 5.56 Å². The topological polar surface area (TPSA) is 119 Å². The highest BCUT2D eigenvalue weighted by molar-refractivity contribution is 5.98. The molecule has 0 saturated heterocycles. The van der Waals surface area contributed by atoms with E-state index in [1.807, 2.05) is 0 Å². The van der Waals surface area contributed by atoms with Crippen molar-refractivity contribution in [2.75, 3.05) is 24.7 Å². The molecule has 29 heavy (non-hydrogen) atoms. The Morgan fingerprint density at radius 1 is 1.24 bits per heavy atom. The van der Waals surface area contributed by atoms with Gasteiger partial charge in [0, 0.05) is 27.2 Å². The van der Waals surface area contributed by atoms with Gasteiger partial charge in [0.05, 0.1) is 11.3 Å². The first-order valence-corrected chi connectivity index (χ1v) is 9.61. The van der Waals surface area contributed by atoms with Crippen molar-refractivity contribution in [2.45, 2.75) is 32.2 Å². The molecule has 0 aliphatic heterocycles. The molecule has 2 atom stereocenters. The van der Waals surface area contributed by atoms with Crippen LogP contribution in [0.15, 0.2) is 27.8 Å². The van der Waals surface area contributed by atoms with Gasteiger partial charge in [-0.05, 0) is 30.9 Å². The third-order valence-corrected chi connectivity index (χ3v) is 5.39. The SMILES string of the molecule is CC1CCCC1Nc1c(Nc2cccc(C(=O)N(C)C)c2O)c(=O)[nH]n(C)c1=O. The number of phenols is 1. The average Bonchev–Trinajstić information content (AvgIpc) is 3.07. The first-order chi connectivity index (χ1) is 13.7. The number of nitrogens with one attached hydrogen (secondary N) is 3. The number of nitrogens with zero attached hydrogens (tertiary/aromatic N) is 2. The van der Waals surface area contributed by atoms with Crippen molar-refractivity contribution in [3.63, 3.8) is 0 Å². The van der Waals surface area contributed by atoms with Crippen LogP contribution in [-0.4, -0.2) is 45.8 Å². The van der Waals surface area contributed by atoms with Crippen LogP contribution in [0.1, 0.15) is 36.5 Å². The Labute approximate surface area is 168 Å². The first-order valence-electron chi connectivity index (χ1n) is 9.61. The van der Waals surface area contributed by atoms with Crippen molar-refractivity contribution in [3.8, 4) is 5.75 Å². The summed E-state index contributed by atoms with van der Waals surface area (Å²) in [6.07, 6.45) is 3.02. The summed E-state index contributed by atoms with van der Waals surface area (Å²) in [5, 5.41) is 19.1. The largest absolute Gasteiger partial charge is 0.505 e. The minimum atomic E-state index is -0.510. The molecule has 9 nitrogen and oxygen atoms in total. The molecule has 1 aromatic heterocycles. The van der Waals surface area contributed by atoms with Crippen LogP contribution >= 0.6 is 0 Å². The molecule has 156 valence electrons. The third kappa shape index (κ3) is 3.98. The van der Waals surface area contributed by atoms with E-state index in [4.69, 9.17) is 0 Å². The summed E-state index contributed by atoms with van der Waals surface area (Å²) in [7, 11) is 4.64. The quantitative estimate of drug-likeness (QED) is 0.568. The third-order valence-electron chi connectivity index (χ3n) is 5.39. The van der Waals surface area contributed by atoms with Crippen LogP contribution in [-0.2, 0) is 7.05 Å². The molecule has 4 N–H and O–H groups in total. The van der Waals surface area contributed by atoms with Gasteiger partial charge in [-0.25, -0.2) is 0 Å². The number of aromatic hydroxyl groups is 1. The van der Waals surface area contributed by atoms with Gasteiger partial charge in [-0.3, -0.25) is 24.2 Å². The number of amides is 1. The Kier molecular flexibility index (Phi) is 5.67. The molecule has 2 unspecified atom stereocenters. The Morgan fingerprint density at radius 3 is 2.59 bits per heavy atom. The molecule has 0 radical (unpaired) electrons. The number of para-hydroxylation sites is 1. The summed E-state index contributed by atoms with van der Waals surface area (Å²) in [4.78, 5) is 39.0. The van der Waals surface area contributed by atoms with E-state index in [-0.39, 0.29) is 45.9 Å². The van der Waals surface area contributed by atoms with Crippen LogP contribution < -0.4 is 21.8 Å². The lowest BCUT2D eigenvalue weighted by atomic mass is 10.1. The van der Waals surface area contributed by atoms with E-state index in [0.717, 1.165) is 23.9 Å². The van der Waals surface area contributed by atoms with Crippen LogP contribution in [0.25, 0.3) is 0 Å². The molecular weight excluding hydrogens is 374 g/mol. The van der Waals surface area contributed by atoms with Gasteiger partial charge in [0.15, 0.2) is 5.75 Å². The molecule has 1 heterocycles. The molecule has 3 rings (SSSR count). The minimum Gasteiger partial charge on any atom is -0.505 e. The van der Waals surface area contributed by atoms with Gasteiger partial charge in [-0.2, -0.15) is 0 Å². The van der Waals surface area contributed by atoms with E-state index in [1.165, 1.54) is 18.0 Å². The van der Waals surface area contributed by atoms with Crippen LogP contribution in [0.5, 0.6) is 5.75 Å². The van der Waals surface area contributed by atoms with Crippen LogP contribution in [0.2, 0.25) is 0 Å². The van der Waals surface area contributed by atoms with Crippen molar-refractivity contribution < 1.29 is 9.90 Å². The second kappa shape index (κ2) is 8.02. The molecule has 1 saturated carbocycles. The fourth-order valence-electron chi connectivity index (χ4n) is 3.64. The van der Waals surface area contributed by atoms with E-state index in [1.54, 1.807) is 26.2 Å². The highest BCUT2D eigenvalue weighted by Gasteiger charge is 2.26. The van der Waals surface area contributed by atoms with Crippen LogP contribution in [0.4, 0.5) is 17.1 Å². The Morgan fingerprint density at radius 2 is 1.97 bits per heavy atom. The van der Waals surface area contributed by atoms with Crippen LogP contribution in [0.3, 0.4) is 0 Å². The van der Waals surface area contributed by atoms with Gasteiger partial charge in [0.2, 0.25) is 0 Å². The number of hydrogen-bond acceptors (Lipinski definition) is 6. The number of H-pyrrole nitrogens is 1. The van der Waals surface area contributed by atoms with Crippen LogP contribution in [0, 0.1) is 5.92 Å². The van der Waals surface area contributed by atoms with Gasteiger partial charge >= 0.3 is 0 Å². The fourth-order valence-corrected chi connectivity index (χ4v) is 3.64. The maximum absolute atomic E-state index is 12.7. The first kappa shape index (κ1) is 20.5. The molecule has 1 aromatic carbocycles. The lowest BCUT2D eigenvalue weighted by Gasteiger charge is -2.21. The van der Waals surface area contributed by atoms with E-state index in [9.17, 15) is 19.5 Å². The van der Waals surface area contributed by atoms with Crippen molar-refractivity contribution >= 4 is 23.0 Å². The van der Waals surface area contributed by atoms with E-state index in [0.29, 0.717) is 5.92 Å². The number of hydrogen-bond donors (Lipinski definition) is 4. The summed E-state index contributed by atoms with van der Waals surface area (Å²) in [5.74, 6) is -0.282. The van der Waals surface area contributed by atoms with Gasteiger partial charge in [0.25, 0.3) is 17.0 Å². The normalized spacial score (nSPS) is 18.5. The summed E-state index contributed by atoms with van der Waals surface area (Å²) < 4.78 is 1.13. The predicted octanol–water partition coefficient (Wildman–Crippen LogP) is 1.83. The minimum absolute atomic E-state index is 0.0111. The molecule has 1 aliphatic carbocycles. The van der Waals surface area contributed by atoms with E-state index >= 15 is 0 Å². The average molecular weight is 401 g/mol. The maximum Gasteiger partial charge on any atom is 0.290 e. The Bertz CT molecular complexity index is 1040. The van der Waals surface area contributed by atoms with Crippen molar-refractivity contribution in [1.82, 2.24) is 14.7 Å². The van der Waals surface area contributed by atoms with Gasteiger partial charge in [0.1, 0.15) is 11.4 Å². The predicted molar refractivity (Wildman–Crippen MR) is 112 cm³/mol. The molecule has 1 aliphatic rings. The molecule has 2 aromatic rings. The zero-order chi connectivity index (χ0) is 21.3. The van der Waals surface area contributed by atoms with Crippen molar-refractivity contribution in [3.05, 3.63) is 44.5 Å². The second-order valence-corrected chi connectivity index (χ2v) is 7.74. The van der Waals surface area contributed by atoms with Gasteiger partial charge < -0.3 is 20.6 Å². The Hall–Kier alpha value is -3.23. The van der Waals surface area contributed by atoms with Gasteiger partial charge in [-0.15, -0.1) is 0 Å². The Balaban J connectivity index is 2.05. The molecule has 0 spiro atoms. The smallest absolute Gasteiger partial charge is 0.290 e. The van der Waals surface area contributed by atoms with Crippen molar-refractivity contribution in [2.24, 2.45) is 13.0 Å². The molecule has 1 fully saturated rings. The summed E-state index contributed by atoms with van der Waals surface area (Å²) in [5.41, 5.74) is -0.468. The fraction of sp³-hybridized carbons (Fsp3) is 0.450. The summed E-state index contributed by atoms with van der Waals surface area (Å²) in [6, 6.07) is 4.72. The number of rotatable bonds is 5. The summed E-state index contributed by atoms with van der Waals surface area (Å²) >= 11 is 0. The molecular formula is C20H27N5O4. The molecule has 1 amide bonds. The van der Waals surface area contributed by atoms with Crippen molar-refractivity contribution in [1.29, 1.82) is 0 Å². The van der Waals surface area contributed by atoms with E-state index in [2.05, 4.69) is 22.7 Å². The molecule has 0 bridgehead atoms. The standard InChI is InChI=1S/C20H27N5O4/c1-11-7-5-9-13(11)21-16-15(18(27)23-25(4)20(16)29)22-14-10-6-8-12(17(14)26)19(28)24(2)3/h6,8,10-11,13,21-22,26H,5,7,9H2,1-4H3,(H,23,27). The number of carbonyl (C=O) groups is 1. The number of anilines is 3. The maximum atomic E-state index is 12.7. The zero-order valence-electron chi connectivity index (χ0n) is 17.1. The highest BCUT2D eigenvalue weighted by atomic mass is 16.3. The number of aromatic nitrogens is 2. The number of aryl methyl sites for hydroxylation is 1.